The van der Waals surface area contributed by atoms with Crippen molar-refractivity contribution in [1.82, 2.24) is 24.6 Å². The quantitative estimate of drug-likeness (QED) is 0.832. The van der Waals surface area contributed by atoms with E-state index in [-0.39, 0.29) is 37.8 Å². The largest absolute Gasteiger partial charge is 0.342 e. The second-order valence-electron chi connectivity index (χ2n) is 6.20. The zero-order valence-electron chi connectivity index (χ0n) is 12.7. The molecular formula is C14H21F2N5O. The average molecular weight is 313 g/mol. The zero-order valence-corrected chi connectivity index (χ0v) is 12.7. The van der Waals surface area contributed by atoms with E-state index in [9.17, 15) is 13.6 Å². The van der Waals surface area contributed by atoms with Crippen molar-refractivity contribution in [2.45, 2.75) is 31.7 Å². The van der Waals surface area contributed by atoms with Gasteiger partial charge >= 0.3 is 0 Å². The fourth-order valence-corrected chi connectivity index (χ4v) is 3.15. The van der Waals surface area contributed by atoms with E-state index in [2.05, 4.69) is 15.0 Å². The summed E-state index contributed by atoms with van der Waals surface area (Å²) in [7, 11) is 1.84. The van der Waals surface area contributed by atoms with Gasteiger partial charge in [-0.25, -0.2) is 13.8 Å². The molecule has 0 saturated carbocycles. The highest BCUT2D eigenvalue weighted by atomic mass is 19.3. The minimum Gasteiger partial charge on any atom is -0.342 e. The molecule has 0 radical (unpaired) electrons. The molecule has 2 saturated heterocycles. The SMILES string of the molecule is Cn1ncnc1CN1CCC(C(=O)N2CCC(F)(F)CC2)C1. The van der Waals surface area contributed by atoms with E-state index in [0.29, 0.717) is 13.1 Å². The van der Waals surface area contributed by atoms with Crippen molar-refractivity contribution < 1.29 is 13.6 Å². The van der Waals surface area contributed by atoms with Gasteiger partial charge in [0.25, 0.3) is 5.92 Å². The van der Waals surface area contributed by atoms with Crippen molar-refractivity contribution >= 4 is 5.91 Å². The fourth-order valence-electron chi connectivity index (χ4n) is 3.15. The zero-order chi connectivity index (χ0) is 15.7. The average Bonchev–Trinajstić information content (AvgIpc) is 3.09. The third-order valence-corrected chi connectivity index (χ3v) is 4.60. The lowest BCUT2D eigenvalue weighted by Crippen LogP contribution is -2.45. The van der Waals surface area contributed by atoms with Crippen molar-refractivity contribution in [2.24, 2.45) is 13.0 Å². The number of likely N-dealkylation sites (tertiary alicyclic amines) is 2. The van der Waals surface area contributed by atoms with Gasteiger partial charge < -0.3 is 4.90 Å². The van der Waals surface area contributed by atoms with Crippen LogP contribution in [0.3, 0.4) is 0 Å². The van der Waals surface area contributed by atoms with Crippen LogP contribution in [-0.2, 0) is 18.4 Å². The number of amides is 1. The Morgan fingerprint density at radius 3 is 2.73 bits per heavy atom. The molecule has 0 spiro atoms. The molecule has 3 rings (SSSR count). The Bertz CT molecular complexity index is 537. The number of carbonyl (C=O) groups excluding carboxylic acids is 1. The van der Waals surface area contributed by atoms with Gasteiger partial charge in [-0.1, -0.05) is 0 Å². The lowest BCUT2D eigenvalue weighted by atomic mass is 10.0. The Morgan fingerprint density at radius 2 is 2.09 bits per heavy atom. The lowest BCUT2D eigenvalue weighted by molar-refractivity contribution is -0.141. The number of rotatable bonds is 3. The standard InChI is InChI=1S/C14H21F2N5O/c1-19-12(17-10-18-19)9-20-5-2-11(8-20)13(22)21-6-3-14(15,16)4-7-21/h10-11H,2-9H2,1H3. The molecule has 8 heteroatoms. The minimum atomic E-state index is -2.61. The van der Waals surface area contributed by atoms with Crippen LogP contribution < -0.4 is 0 Å². The van der Waals surface area contributed by atoms with Crippen molar-refractivity contribution in [1.29, 1.82) is 0 Å². The number of alkyl halides is 2. The van der Waals surface area contributed by atoms with E-state index >= 15 is 0 Å². The number of nitrogens with zero attached hydrogens (tertiary/aromatic N) is 5. The first-order valence-electron chi connectivity index (χ1n) is 7.66. The minimum absolute atomic E-state index is 0.0240. The highest BCUT2D eigenvalue weighted by Gasteiger charge is 2.38. The van der Waals surface area contributed by atoms with Gasteiger partial charge in [-0.05, 0) is 13.0 Å². The van der Waals surface area contributed by atoms with Gasteiger partial charge in [0.1, 0.15) is 12.2 Å². The first-order valence-corrected chi connectivity index (χ1v) is 7.66. The summed E-state index contributed by atoms with van der Waals surface area (Å²) < 4.78 is 28.1. The summed E-state index contributed by atoms with van der Waals surface area (Å²) in [6.45, 7) is 2.50. The summed E-state index contributed by atoms with van der Waals surface area (Å²) in [6.07, 6.45) is 1.87. The molecule has 0 aliphatic carbocycles. The van der Waals surface area contributed by atoms with E-state index in [0.717, 1.165) is 18.8 Å². The van der Waals surface area contributed by atoms with E-state index in [1.54, 1.807) is 9.58 Å². The highest BCUT2D eigenvalue weighted by Crippen LogP contribution is 2.29. The van der Waals surface area contributed by atoms with Crippen LogP contribution in [0.1, 0.15) is 25.1 Å². The Balaban J connectivity index is 1.52. The molecule has 3 heterocycles. The van der Waals surface area contributed by atoms with E-state index < -0.39 is 5.92 Å². The van der Waals surface area contributed by atoms with E-state index in [1.807, 2.05) is 7.05 Å². The predicted molar refractivity (Wildman–Crippen MR) is 75.1 cm³/mol. The van der Waals surface area contributed by atoms with Gasteiger partial charge in [-0.2, -0.15) is 5.10 Å². The molecule has 2 aliphatic rings. The Morgan fingerprint density at radius 1 is 1.36 bits per heavy atom. The van der Waals surface area contributed by atoms with Gasteiger partial charge in [0.05, 0.1) is 12.5 Å². The molecule has 1 aromatic rings. The highest BCUT2D eigenvalue weighted by molar-refractivity contribution is 5.79. The maximum absolute atomic E-state index is 13.2. The number of carbonyl (C=O) groups is 1. The van der Waals surface area contributed by atoms with E-state index in [1.165, 1.54) is 6.33 Å². The first kappa shape index (κ1) is 15.3. The summed E-state index contributed by atoms with van der Waals surface area (Å²) >= 11 is 0. The number of halogens is 2. The Kier molecular flexibility index (Phi) is 4.12. The second-order valence-corrected chi connectivity index (χ2v) is 6.20. The Hall–Kier alpha value is -1.57. The molecule has 0 N–H and O–H groups in total. The summed E-state index contributed by atoms with van der Waals surface area (Å²) in [5, 5.41) is 4.03. The van der Waals surface area contributed by atoms with Gasteiger partial charge in [0.2, 0.25) is 5.91 Å². The maximum atomic E-state index is 13.2. The van der Waals surface area contributed by atoms with Crippen LogP contribution in [0.2, 0.25) is 0 Å². The van der Waals surface area contributed by atoms with Crippen molar-refractivity contribution in [3.8, 4) is 0 Å². The Labute approximate surface area is 128 Å². The van der Waals surface area contributed by atoms with Crippen LogP contribution in [0.15, 0.2) is 6.33 Å². The maximum Gasteiger partial charge on any atom is 0.251 e. The molecule has 1 aromatic heterocycles. The van der Waals surface area contributed by atoms with Crippen LogP contribution in [-0.4, -0.2) is 62.6 Å². The lowest BCUT2D eigenvalue weighted by Gasteiger charge is -2.33. The number of piperidine rings is 1. The van der Waals surface area contributed by atoms with Crippen LogP contribution in [0.25, 0.3) is 0 Å². The molecule has 1 amide bonds. The molecule has 2 aliphatic heterocycles. The number of aryl methyl sites for hydroxylation is 1. The van der Waals surface area contributed by atoms with Crippen molar-refractivity contribution in [3.05, 3.63) is 12.2 Å². The van der Waals surface area contributed by atoms with Gasteiger partial charge in [-0.15, -0.1) is 0 Å². The topological polar surface area (TPSA) is 54.3 Å². The van der Waals surface area contributed by atoms with Gasteiger partial charge in [-0.3, -0.25) is 14.4 Å². The molecular weight excluding hydrogens is 292 g/mol. The molecule has 1 unspecified atom stereocenters. The number of hydrogen-bond acceptors (Lipinski definition) is 4. The van der Waals surface area contributed by atoms with Gasteiger partial charge in [0, 0.05) is 39.5 Å². The normalized spacial score (nSPS) is 25.6. The van der Waals surface area contributed by atoms with Crippen LogP contribution >= 0.6 is 0 Å². The first-order chi connectivity index (χ1) is 10.4. The van der Waals surface area contributed by atoms with Crippen LogP contribution in [0.4, 0.5) is 8.78 Å². The molecule has 6 nitrogen and oxygen atoms in total. The predicted octanol–water partition coefficient (Wildman–Crippen LogP) is 0.895. The number of aromatic nitrogens is 3. The third-order valence-electron chi connectivity index (χ3n) is 4.60. The van der Waals surface area contributed by atoms with Crippen molar-refractivity contribution in [3.63, 3.8) is 0 Å². The summed E-state index contributed by atoms with van der Waals surface area (Å²) in [6, 6.07) is 0. The monoisotopic (exact) mass is 313 g/mol. The summed E-state index contributed by atoms with van der Waals surface area (Å²) in [5.41, 5.74) is 0. The van der Waals surface area contributed by atoms with Crippen LogP contribution in [0.5, 0.6) is 0 Å². The molecule has 122 valence electrons. The smallest absolute Gasteiger partial charge is 0.251 e. The third kappa shape index (κ3) is 3.26. The number of hydrogen-bond donors (Lipinski definition) is 0. The summed E-state index contributed by atoms with van der Waals surface area (Å²) in [4.78, 5) is 20.4. The molecule has 0 bridgehead atoms. The molecule has 22 heavy (non-hydrogen) atoms. The molecule has 2 fully saturated rings. The second kappa shape index (κ2) is 5.91. The molecule has 1 atom stereocenters. The van der Waals surface area contributed by atoms with Crippen molar-refractivity contribution in [2.75, 3.05) is 26.2 Å². The fraction of sp³-hybridized carbons (Fsp3) is 0.786. The summed E-state index contributed by atoms with van der Waals surface area (Å²) in [5.74, 6) is -1.80. The van der Waals surface area contributed by atoms with Crippen LogP contribution in [0, 0.1) is 5.92 Å². The molecule has 0 aromatic carbocycles. The van der Waals surface area contributed by atoms with Gasteiger partial charge in [0.15, 0.2) is 0 Å². The van der Waals surface area contributed by atoms with E-state index in [4.69, 9.17) is 0 Å².